The van der Waals surface area contributed by atoms with E-state index in [4.69, 9.17) is 0 Å². The van der Waals surface area contributed by atoms with Crippen molar-refractivity contribution in [1.29, 1.82) is 0 Å². The minimum Gasteiger partial charge on any atom is -0.324 e. The molecule has 2 aromatic rings. The highest BCUT2D eigenvalue weighted by Gasteiger charge is 2.29. The molecule has 0 saturated heterocycles. The highest BCUT2D eigenvalue weighted by atomic mass is 32.2. The number of nitro benzene ring substituents is 1. The van der Waals surface area contributed by atoms with E-state index in [1.165, 1.54) is 37.3 Å². The van der Waals surface area contributed by atoms with E-state index in [1.54, 1.807) is 6.92 Å². The molecule has 0 fully saturated rings. The highest BCUT2D eigenvalue weighted by Crippen LogP contribution is 2.25. The predicted octanol–water partition coefficient (Wildman–Crippen LogP) is 2.84. The second-order valence-electron chi connectivity index (χ2n) is 5.96. The number of aryl methyl sites for hydroxylation is 1. The van der Waals surface area contributed by atoms with Crippen LogP contribution in [0.3, 0.4) is 0 Å². The Balaban J connectivity index is 2.36. The molecule has 1 atom stereocenters. The van der Waals surface area contributed by atoms with Crippen LogP contribution in [0.4, 0.5) is 21.5 Å². The molecule has 0 bridgehead atoms. The van der Waals surface area contributed by atoms with Crippen LogP contribution in [-0.2, 0) is 14.8 Å². The van der Waals surface area contributed by atoms with Crippen LogP contribution in [0.2, 0.25) is 0 Å². The molecule has 0 saturated carbocycles. The van der Waals surface area contributed by atoms with Crippen LogP contribution in [0.1, 0.15) is 12.5 Å². The second-order valence-corrected chi connectivity index (χ2v) is 7.82. The number of carbonyl (C=O) groups is 1. The zero-order valence-corrected chi connectivity index (χ0v) is 15.7. The van der Waals surface area contributed by atoms with E-state index in [9.17, 15) is 27.7 Å². The zero-order chi connectivity index (χ0) is 20.4. The van der Waals surface area contributed by atoms with E-state index >= 15 is 0 Å². The molecule has 0 radical (unpaired) electrons. The largest absolute Gasteiger partial charge is 0.324 e. The van der Waals surface area contributed by atoms with Gasteiger partial charge in [-0.25, -0.2) is 12.8 Å². The van der Waals surface area contributed by atoms with E-state index in [0.717, 1.165) is 22.7 Å². The standard InChI is InChI=1S/C17H18FN3O5S/c1-11-7-8-15(21(23)24)10-16(11)19-17(22)12(2)20(27(3,25)26)14-6-4-5-13(18)9-14/h4-10,12H,1-3H3,(H,19,22)/t12-/m1/s1. The first-order chi connectivity index (χ1) is 12.5. The molecule has 0 aromatic heterocycles. The number of nitrogens with one attached hydrogen (secondary N) is 1. The van der Waals surface area contributed by atoms with Crippen molar-refractivity contribution >= 4 is 33.0 Å². The number of carbonyl (C=O) groups excluding carboxylic acids is 1. The summed E-state index contributed by atoms with van der Waals surface area (Å²) in [7, 11) is -3.91. The molecule has 2 aromatic carbocycles. The molecule has 0 heterocycles. The normalized spacial score (nSPS) is 12.3. The molecule has 1 N–H and O–H groups in total. The van der Waals surface area contributed by atoms with Gasteiger partial charge in [-0.15, -0.1) is 0 Å². The van der Waals surface area contributed by atoms with Gasteiger partial charge in [0.1, 0.15) is 11.9 Å². The summed E-state index contributed by atoms with van der Waals surface area (Å²) in [5.74, 6) is -1.36. The van der Waals surface area contributed by atoms with Gasteiger partial charge in [0.05, 0.1) is 22.6 Å². The van der Waals surface area contributed by atoms with E-state index in [-0.39, 0.29) is 17.1 Å². The number of amides is 1. The minimum absolute atomic E-state index is 0.00378. The van der Waals surface area contributed by atoms with Crippen LogP contribution in [0, 0.1) is 22.9 Å². The summed E-state index contributed by atoms with van der Waals surface area (Å²) in [6.45, 7) is 2.99. The van der Waals surface area contributed by atoms with Crippen molar-refractivity contribution in [3.63, 3.8) is 0 Å². The Bertz CT molecular complexity index is 994. The van der Waals surface area contributed by atoms with Crippen molar-refractivity contribution in [3.8, 4) is 0 Å². The number of sulfonamides is 1. The smallest absolute Gasteiger partial charge is 0.271 e. The highest BCUT2D eigenvalue weighted by molar-refractivity contribution is 7.92. The molecule has 144 valence electrons. The van der Waals surface area contributed by atoms with Crippen LogP contribution in [0.25, 0.3) is 0 Å². The lowest BCUT2D eigenvalue weighted by atomic mass is 10.1. The van der Waals surface area contributed by atoms with Gasteiger partial charge in [0.15, 0.2) is 0 Å². The van der Waals surface area contributed by atoms with Gasteiger partial charge in [0, 0.05) is 12.1 Å². The van der Waals surface area contributed by atoms with E-state index in [0.29, 0.717) is 5.56 Å². The van der Waals surface area contributed by atoms with Crippen molar-refractivity contribution in [1.82, 2.24) is 0 Å². The van der Waals surface area contributed by atoms with Gasteiger partial charge in [0.25, 0.3) is 5.69 Å². The summed E-state index contributed by atoms with van der Waals surface area (Å²) in [5, 5.41) is 13.4. The lowest BCUT2D eigenvalue weighted by Crippen LogP contribution is -2.45. The minimum atomic E-state index is -3.91. The summed E-state index contributed by atoms with van der Waals surface area (Å²) in [6, 6.07) is 7.59. The summed E-state index contributed by atoms with van der Waals surface area (Å²) in [4.78, 5) is 22.9. The van der Waals surface area contributed by atoms with Crippen LogP contribution >= 0.6 is 0 Å². The van der Waals surface area contributed by atoms with Gasteiger partial charge in [-0.2, -0.15) is 0 Å². The Labute approximate surface area is 155 Å². The van der Waals surface area contributed by atoms with Crippen LogP contribution in [0.5, 0.6) is 0 Å². The Hall–Kier alpha value is -3.01. The number of halogens is 1. The third-order valence-electron chi connectivity index (χ3n) is 3.84. The van der Waals surface area contributed by atoms with Crippen molar-refractivity contribution in [3.05, 3.63) is 64.0 Å². The maximum Gasteiger partial charge on any atom is 0.271 e. The van der Waals surface area contributed by atoms with Crippen LogP contribution < -0.4 is 9.62 Å². The van der Waals surface area contributed by atoms with E-state index in [2.05, 4.69) is 5.32 Å². The topological polar surface area (TPSA) is 110 Å². The van der Waals surface area contributed by atoms with Crippen molar-refractivity contribution in [2.75, 3.05) is 15.9 Å². The number of benzene rings is 2. The third kappa shape index (κ3) is 4.79. The lowest BCUT2D eigenvalue weighted by molar-refractivity contribution is -0.384. The molecule has 2 rings (SSSR count). The average Bonchev–Trinajstić information content (AvgIpc) is 2.55. The predicted molar refractivity (Wildman–Crippen MR) is 99.6 cm³/mol. The Morgan fingerprint density at radius 1 is 1.26 bits per heavy atom. The third-order valence-corrected chi connectivity index (χ3v) is 5.08. The number of hydrogen-bond acceptors (Lipinski definition) is 5. The number of anilines is 2. The monoisotopic (exact) mass is 395 g/mol. The second kappa shape index (κ2) is 7.70. The van der Waals surface area contributed by atoms with Gasteiger partial charge in [-0.1, -0.05) is 12.1 Å². The zero-order valence-electron chi connectivity index (χ0n) is 14.8. The Morgan fingerprint density at radius 3 is 2.48 bits per heavy atom. The van der Waals surface area contributed by atoms with Crippen LogP contribution in [0.15, 0.2) is 42.5 Å². The first-order valence-corrected chi connectivity index (χ1v) is 9.66. The summed E-state index contributed by atoms with van der Waals surface area (Å²) < 4.78 is 38.7. The molecule has 27 heavy (non-hydrogen) atoms. The average molecular weight is 395 g/mol. The fraction of sp³-hybridized carbons (Fsp3) is 0.235. The molecule has 0 unspecified atom stereocenters. The molecular formula is C17H18FN3O5S. The van der Waals surface area contributed by atoms with Crippen LogP contribution in [-0.4, -0.2) is 31.5 Å². The van der Waals surface area contributed by atoms with Crippen molar-refractivity contribution in [2.24, 2.45) is 0 Å². The van der Waals surface area contributed by atoms with Gasteiger partial charge in [-0.05, 0) is 37.6 Å². The number of hydrogen-bond donors (Lipinski definition) is 1. The fourth-order valence-electron chi connectivity index (χ4n) is 2.52. The van der Waals surface area contributed by atoms with Gasteiger partial charge in [-0.3, -0.25) is 19.2 Å². The van der Waals surface area contributed by atoms with E-state index in [1.807, 2.05) is 0 Å². The molecule has 0 aliphatic rings. The number of nitrogens with zero attached hydrogens (tertiary/aromatic N) is 2. The fourth-order valence-corrected chi connectivity index (χ4v) is 3.68. The first-order valence-electron chi connectivity index (χ1n) is 7.81. The molecule has 0 spiro atoms. The van der Waals surface area contributed by atoms with E-state index < -0.39 is 32.7 Å². The van der Waals surface area contributed by atoms with Gasteiger partial charge < -0.3 is 5.32 Å². The van der Waals surface area contributed by atoms with Crippen molar-refractivity contribution in [2.45, 2.75) is 19.9 Å². The van der Waals surface area contributed by atoms with Gasteiger partial charge >= 0.3 is 0 Å². The maximum atomic E-state index is 13.5. The Morgan fingerprint density at radius 2 is 1.93 bits per heavy atom. The quantitative estimate of drug-likeness (QED) is 0.597. The molecule has 0 aliphatic heterocycles. The number of non-ortho nitro benzene ring substituents is 1. The summed E-state index contributed by atoms with van der Waals surface area (Å²) >= 11 is 0. The molecule has 1 amide bonds. The Kier molecular flexibility index (Phi) is 5.79. The SMILES string of the molecule is Cc1ccc([N+](=O)[O-])cc1NC(=O)[C@@H](C)N(c1cccc(F)c1)S(C)(=O)=O. The maximum absolute atomic E-state index is 13.5. The van der Waals surface area contributed by atoms with Crippen molar-refractivity contribution < 1.29 is 22.5 Å². The molecule has 10 heteroatoms. The number of rotatable bonds is 6. The summed E-state index contributed by atoms with van der Waals surface area (Å²) in [5.41, 5.74) is 0.538. The molecule has 8 nitrogen and oxygen atoms in total. The molecular weight excluding hydrogens is 377 g/mol. The molecule has 0 aliphatic carbocycles. The van der Waals surface area contributed by atoms with Gasteiger partial charge in [0.2, 0.25) is 15.9 Å². The number of nitro groups is 1. The summed E-state index contributed by atoms with van der Waals surface area (Å²) in [6.07, 6.45) is 0.903. The first kappa shape index (κ1) is 20.3. The lowest BCUT2D eigenvalue weighted by Gasteiger charge is -2.28.